The minimum Gasteiger partial charge on any atom is -0.497 e. The van der Waals surface area contributed by atoms with E-state index in [4.69, 9.17) is 9.47 Å². The van der Waals surface area contributed by atoms with Crippen LogP contribution in [-0.2, 0) is 11.3 Å². The Labute approximate surface area is 125 Å². The average molecular weight is 292 g/mol. The number of hydrogen-bond acceptors (Lipinski definition) is 5. The molecule has 3 rings (SSSR count). The van der Waals surface area contributed by atoms with E-state index >= 15 is 0 Å². The molecular formula is C16H24N2O3. The number of nitrogens with zero attached hydrogens (tertiary/aromatic N) is 2. The molecule has 1 aromatic heterocycles. The van der Waals surface area contributed by atoms with Gasteiger partial charge in [0, 0.05) is 37.4 Å². The van der Waals surface area contributed by atoms with Gasteiger partial charge in [-0.05, 0) is 31.9 Å². The van der Waals surface area contributed by atoms with Gasteiger partial charge in [-0.3, -0.25) is 9.88 Å². The van der Waals surface area contributed by atoms with Crippen molar-refractivity contribution >= 4 is 0 Å². The molecule has 0 spiro atoms. The van der Waals surface area contributed by atoms with Gasteiger partial charge in [0.15, 0.2) is 0 Å². The maximum atomic E-state index is 10.3. The van der Waals surface area contributed by atoms with Crippen molar-refractivity contribution in [1.29, 1.82) is 0 Å². The largest absolute Gasteiger partial charge is 0.497 e. The van der Waals surface area contributed by atoms with E-state index in [1.807, 2.05) is 12.1 Å². The number of hydrogen-bond donors (Lipinski definition) is 1. The van der Waals surface area contributed by atoms with Gasteiger partial charge in [-0.15, -0.1) is 0 Å². The molecule has 21 heavy (non-hydrogen) atoms. The molecule has 3 heterocycles. The predicted octanol–water partition coefficient (Wildman–Crippen LogP) is 1.45. The molecule has 1 aromatic rings. The molecule has 5 heteroatoms. The first-order valence-corrected chi connectivity index (χ1v) is 7.76. The number of methoxy groups -OCH3 is 1. The van der Waals surface area contributed by atoms with E-state index < -0.39 is 0 Å². The topological polar surface area (TPSA) is 54.8 Å². The van der Waals surface area contributed by atoms with Crippen molar-refractivity contribution in [2.45, 2.75) is 38.0 Å². The number of likely N-dealkylation sites (tertiary alicyclic amines) is 1. The van der Waals surface area contributed by atoms with Crippen molar-refractivity contribution in [3.8, 4) is 5.75 Å². The Morgan fingerprint density at radius 1 is 1.48 bits per heavy atom. The van der Waals surface area contributed by atoms with Crippen LogP contribution >= 0.6 is 0 Å². The highest BCUT2D eigenvalue weighted by molar-refractivity contribution is 5.22. The van der Waals surface area contributed by atoms with E-state index in [-0.39, 0.29) is 12.0 Å². The molecule has 1 N–H and O–H groups in total. The molecule has 2 aliphatic heterocycles. The standard InChI is InChI=1S/C16H24N2O3/c1-20-13-4-6-17-12(9-13)10-18-7-2-3-15(18)14-11-21-8-5-16(14)19/h4,6,9,14-16,19H,2-3,5,7-8,10-11H2,1H3/t14-,15-,16-/m1/s1. The SMILES string of the molecule is COc1ccnc(CN2CCC[C@@H]2[C@H]2COCC[C@H]2O)c1. The van der Waals surface area contributed by atoms with E-state index in [2.05, 4.69) is 9.88 Å². The number of aliphatic hydroxyl groups excluding tert-OH is 1. The summed E-state index contributed by atoms with van der Waals surface area (Å²) < 4.78 is 10.8. The summed E-state index contributed by atoms with van der Waals surface area (Å²) in [6.45, 7) is 3.23. The molecule has 5 nitrogen and oxygen atoms in total. The third kappa shape index (κ3) is 3.36. The zero-order valence-corrected chi connectivity index (χ0v) is 12.6. The molecule has 2 aliphatic rings. The van der Waals surface area contributed by atoms with E-state index in [1.54, 1.807) is 13.3 Å². The molecule has 0 bridgehead atoms. The number of aliphatic hydroxyl groups is 1. The van der Waals surface area contributed by atoms with Crippen molar-refractivity contribution in [1.82, 2.24) is 9.88 Å². The highest BCUT2D eigenvalue weighted by Gasteiger charge is 2.37. The molecule has 3 atom stereocenters. The summed E-state index contributed by atoms with van der Waals surface area (Å²) in [5, 5.41) is 10.3. The Balaban J connectivity index is 1.68. The summed E-state index contributed by atoms with van der Waals surface area (Å²) in [6, 6.07) is 4.25. The average Bonchev–Trinajstić information content (AvgIpc) is 2.96. The Kier molecular flexibility index (Phi) is 4.73. The Hall–Kier alpha value is -1.17. The molecule has 2 saturated heterocycles. The monoisotopic (exact) mass is 292 g/mol. The number of aromatic nitrogens is 1. The summed E-state index contributed by atoms with van der Waals surface area (Å²) in [7, 11) is 1.67. The van der Waals surface area contributed by atoms with E-state index in [9.17, 15) is 5.11 Å². The first kappa shape index (κ1) is 14.8. The van der Waals surface area contributed by atoms with Crippen LogP contribution in [0.3, 0.4) is 0 Å². The zero-order valence-electron chi connectivity index (χ0n) is 12.6. The van der Waals surface area contributed by atoms with Gasteiger partial charge in [0.05, 0.1) is 25.5 Å². The van der Waals surface area contributed by atoms with Crippen LogP contribution in [0.25, 0.3) is 0 Å². The third-order valence-electron chi connectivity index (χ3n) is 4.66. The Morgan fingerprint density at radius 2 is 2.38 bits per heavy atom. The smallest absolute Gasteiger partial charge is 0.122 e. The number of ether oxygens (including phenoxy) is 2. The van der Waals surface area contributed by atoms with Crippen LogP contribution in [0.4, 0.5) is 0 Å². The summed E-state index contributed by atoms with van der Waals surface area (Å²) >= 11 is 0. The van der Waals surface area contributed by atoms with Crippen LogP contribution in [-0.4, -0.2) is 54.0 Å². The molecule has 0 aromatic carbocycles. The van der Waals surface area contributed by atoms with E-state index in [0.29, 0.717) is 19.3 Å². The minimum atomic E-state index is -0.234. The van der Waals surface area contributed by atoms with Gasteiger partial charge in [-0.25, -0.2) is 0 Å². The first-order valence-electron chi connectivity index (χ1n) is 7.76. The molecule has 0 unspecified atom stereocenters. The maximum Gasteiger partial charge on any atom is 0.122 e. The summed E-state index contributed by atoms with van der Waals surface area (Å²) in [6.07, 6.45) is 4.62. The zero-order chi connectivity index (χ0) is 14.7. The van der Waals surface area contributed by atoms with Crippen LogP contribution in [0.15, 0.2) is 18.3 Å². The predicted molar refractivity (Wildman–Crippen MR) is 79.2 cm³/mol. The van der Waals surface area contributed by atoms with Gasteiger partial charge < -0.3 is 14.6 Å². The molecule has 0 radical (unpaired) electrons. The first-order chi connectivity index (χ1) is 10.3. The van der Waals surface area contributed by atoms with Crippen molar-refractivity contribution < 1.29 is 14.6 Å². The lowest BCUT2D eigenvalue weighted by molar-refractivity contribution is -0.0637. The second kappa shape index (κ2) is 6.73. The molecule has 116 valence electrons. The van der Waals surface area contributed by atoms with Crippen molar-refractivity contribution in [3.05, 3.63) is 24.0 Å². The summed E-state index contributed by atoms with van der Waals surface area (Å²) in [5.41, 5.74) is 1.02. The maximum absolute atomic E-state index is 10.3. The normalized spacial score (nSPS) is 30.5. The van der Waals surface area contributed by atoms with Crippen LogP contribution in [0.2, 0.25) is 0 Å². The van der Waals surface area contributed by atoms with Crippen LogP contribution in [0, 0.1) is 5.92 Å². The van der Waals surface area contributed by atoms with Gasteiger partial charge in [0.1, 0.15) is 5.75 Å². The van der Waals surface area contributed by atoms with E-state index in [1.165, 1.54) is 6.42 Å². The second-order valence-corrected chi connectivity index (χ2v) is 5.96. The molecule has 2 fully saturated rings. The van der Waals surface area contributed by atoms with Crippen molar-refractivity contribution in [2.75, 3.05) is 26.9 Å². The van der Waals surface area contributed by atoms with Crippen molar-refractivity contribution in [2.24, 2.45) is 5.92 Å². The quantitative estimate of drug-likeness (QED) is 0.910. The Morgan fingerprint density at radius 3 is 3.19 bits per heavy atom. The van der Waals surface area contributed by atoms with Gasteiger partial charge in [0.25, 0.3) is 0 Å². The molecule has 0 saturated carbocycles. The highest BCUT2D eigenvalue weighted by Crippen LogP contribution is 2.31. The fourth-order valence-electron chi connectivity index (χ4n) is 3.53. The molecule has 0 aliphatic carbocycles. The minimum absolute atomic E-state index is 0.229. The van der Waals surface area contributed by atoms with Gasteiger partial charge in [0.2, 0.25) is 0 Å². The second-order valence-electron chi connectivity index (χ2n) is 5.96. The van der Waals surface area contributed by atoms with Gasteiger partial charge >= 0.3 is 0 Å². The van der Waals surface area contributed by atoms with E-state index in [0.717, 1.165) is 37.4 Å². The van der Waals surface area contributed by atoms with Crippen LogP contribution < -0.4 is 4.74 Å². The molecular weight excluding hydrogens is 268 g/mol. The van der Waals surface area contributed by atoms with Crippen LogP contribution in [0.5, 0.6) is 5.75 Å². The summed E-state index contributed by atoms with van der Waals surface area (Å²) in [4.78, 5) is 6.87. The lowest BCUT2D eigenvalue weighted by Crippen LogP contribution is -2.45. The number of rotatable bonds is 4. The number of pyridine rings is 1. The third-order valence-corrected chi connectivity index (χ3v) is 4.66. The fourth-order valence-corrected chi connectivity index (χ4v) is 3.53. The Bertz CT molecular complexity index is 469. The highest BCUT2D eigenvalue weighted by atomic mass is 16.5. The fraction of sp³-hybridized carbons (Fsp3) is 0.688. The van der Waals surface area contributed by atoms with Crippen LogP contribution in [0.1, 0.15) is 25.0 Å². The van der Waals surface area contributed by atoms with Gasteiger partial charge in [-0.2, -0.15) is 0 Å². The lowest BCUT2D eigenvalue weighted by Gasteiger charge is -2.36. The lowest BCUT2D eigenvalue weighted by atomic mass is 9.89. The van der Waals surface area contributed by atoms with Gasteiger partial charge in [-0.1, -0.05) is 0 Å². The molecule has 0 amide bonds. The summed E-state index contributed by atoms with van der Waals surface area (Å²) in [5.74, 6) is 1.07. The van der Waals surface area contributed by atoms with Crippen molar-refractivity contribution in [3.63, 3.8) is 0 Å².